The molecule has 94 valence electrons. The van der Waals surface area contributed by atoms with E-state index in [0.29, 0.717) is 6.54 Å². The van der Waals surface area contributed by atoms with Crippen LogP contribution in [0, 0.1) is 5.82 Å². The Labute approximate surface area is 101 Å². The summed E-state index contributed by atoms with van der Waals surface area (Å²) in [5, 5.41) is 0. The van der Waals surface area contributed by atoms with Crippen molar-refractivity contribution in [3.63, 3.8) is 0 Å². The average molecular weight is 238 g/mol. The number of nitrogens with two attached hydrogens (primary N) is 1. The van der Waals surface area contributed by atoms with E-state index in [1.165, 1.54) is 6.07 Å². The summed E-state index contributed by atoms with van der Waals surface area (Å²) in [4.78, 5) is 2.25. The van der Waals surface area contributed by atoms with Crippen molar-refractivity contribution in [3.8, 4) is 0 Å². The van der Waals surface area contributed by atoms with Gasteiger partial charge in [-0.3, -0.25) is 4.90 Å². The summed E-state index contributed by atoms with van der Waals surface area (Å²) in [5.74, 6) is -0.336. The first-order valence-electron chi connectivity index (χ1n) is 5.97. The first-order chi connectivity index (χ1) is 8.06. The van der Waals surface area contributed by atoms with E-state index in [4.69, 9.17) is 10.5 Å². The van der Waals surface area contributed by atoms with Crippen LogP contribution >= 0.6 is 0 Å². The standard InChI is InChI=1S/C13H19FN2O/c1-9-6-16(7-10(2)17-9)8-11-4-3-5-12(14)13(11)15/h3-5,9-10H,6-8,15H2,1-2H3. The minimum Gasteiger partial charge on any atom is -0.396 e. The van der Waals surface area contributed by atoms with E-state index in [-0.39, 0.29) is 23.7 Å². The number of nitrogen functional groups attached to an aromatic ring is 1. The first-order valence-corrected chi connectivity index (χ1v) is 5.97. The Morgan fingerprint density at radius 2 is 2.00 bits per heavy atom. The largest absolute Gasteiger partial charge is 0.396 e. The highest BCUT2D eigenvalue weighted by Gasteiger charge is 2.22. The molecule has 4 heteroatoms. The van der Waals surface area contributed by atoms with E-state index >= 15 is 0 Å². The summed E-state index contributed by atoms with van der Waals surface area (Å²) in [7, 11) is 0. The summed E-state index contributed by atoms with van der Waals surface area (Å²) < 4.78 is 19.0. The monoisotopic (exact) mass is 238 g/mol. The summed E-state index contributed by atoms with van der Waals surface area (Å²) in [6.45, 7) is 6.51. The number of rotatable bonds is 2. The second-order valence-corrected chi connectivity index (χ2v) is 4.76. The lowest BCUT2D eigenvalue weighted by Crippen LogP contribution is -2.44. The molecule has 2 unspecified atom stereocenters. The van der Waals surface area contributed by atoms with Gasteiger partial charge in [0.2, 0.25) is 0 Å². The summed E-state index contributed by atoms with van der Waals surface area (Å²) in [5.41, 5.74) is 6.85. The van der Waals surface area contributed by atoms with Crippen LogP contribution < -0.4 is 5.73 Å². The molecule has 17 heavy (non-hydrogen) atoms. The maximum absolute atomic E-state index is 13.3. The topological polar surface area (TPSA) is 38.5 Å². The lowest BCUT2D eigenvalue weighted by Gasteiger charge is -2.35. The van der Waals surface area contributed by atoms with Crippen molar-refractivity contribution >= 4 is 5.69 Å². The van der Waals surface area contributed by atoms with E-state index in [2.05, 4.69) is 18.7 Å². The normalized spacial score (nSPS) is 26.1. The van der Waals surface area contributed by atoms with Crippen molar-refractivity contribution < 1.29 is 9.13 Å². The maximum Gasteiger partial charge on any atom is 0.146 e. The van der Waals surface area contributed by atoms with Gasteiger partial charge in [-0.25, -0.2) is 4.39 Å². The molecular formula is C13H19FN2O. The van der Waals surface area contributed by atoms with Crippen molar-refractivity contribution in [2.75, 3.05) is 18.8 Å². The molecule has 1 heterocycles. The molecule has 0 aromatic heterocycles. The minimum absolute atomic E-state index is 0.216. The van der Waals surface area contributed by atoms with Gasteiger partial charge in [0, 0.05) is 19.6 Å². The van der Waals surface area contributed by atoms with Crippen LogP contribution in [0.5, 0.6) is 0 Å². The van der Waals surface area contributed by atoms with Crippen LogP contribution in [-0.4, -0.2) is 30.2 Å². The molecule has 0 bridgehead atoms. The molecule has 0 spiro atoms. The Morgan fingerprint density at radius 3 is 2.65 bits per heavy atom. The Balaban J connectivity index is 2.07. The zero-order valence-electron chi connectivity index (χ0n) is 10.3. The van der Waals surface area contributed by atoms with E-state index < -0.39 is 0 Å². The predicted molar refractivity (Wildman–Crippen MR) is 66.1 cm³/mol. The van der Waals surface area contributed by atoms with Crippen LogP contribution in [0.2, 0.25) is 0 Å². The van der Waals surface area contributed by atoms with Crippen LogP contribution in [0.25, 0.3) is 0 Å². The summed E-state index contributed by atoms with van der Waals surface area (Å²) in [6, 6.07) is 4.97. The quantitative estimate of drug-likeness (QED) is 0.801. The molecule has 0 radical (unpaired) electrons. The molecule has 1 aromatic carbocycles. The van der Waals surface area contributed by atoms with Gasteiger partial charge in [-0.1, -0.05) is 12.1 Å². The third-order valence-corrected chi connectivity index (χ3v) is 3.03. The lowest BCUT2D eigenvalue weighted by molar-refractivity contribution is -0.0704. The number of morpholine rings is 1. The number of anilines is 1. The lowest BCUT2D eigenvalue weighted by atomic mass is 10.1. The van der Waals surface area contributed by atoms with Gasteiger partial charge in [0.1, 0.15) is 5.82 Å². The van der Waals surface area contributed by atoms with Crippen molar-refractivity contribution in [2.24, 2.45) is 0 Å². The number of nitrogens with zero attached hydrogens (tertiary/aromatic N) is 1. The molecule has 2 atom stereocenters. The summed E-state index contributed by atoms with van der Waals surface area (Å²) in [6.07, 6.45) is 0.432. The smallest absolute Gasteiger partial charge is 0.146 e. The number of hydrogen-bond donors (Lipinski definition) is 1. The maximum atomic E-state index is 13.3. The molecule has 2 rings (SSSR count). The van der Waals surface area contributed by atoms with Gasteiger partial charge in [0.05, 0.1) is 17.9 Å². The third-order valence-electron chi connectivity index (χ3n) is 3.03. The van der Waals surface area contributed by atoms with Gasteiger partial charge in [-0.05, 0) is 25.5 Å². The molecule has 1 fully saturated rings. The fourth-order valence-electron chi connectivity index (χ4n) is 2.37. The van der Waals surface area contributed by atoms with E-state index in [0.717, 1.165) is 18.7 Å². The van der Waals surface area contributed by atoms with Gasteiger partial charge in [-0.2, -0.15) is 0 Å². The van der Waals surface area contributed by atoms with Crippen molar-refractivity contribution in [1.82, 2.24) is 4.90 Å². The molecular weight excluding hydrogens is 219 g/mol. The van der Waals surface area contributed by atoms with Crippen LogP contribution in [0.1, 0.15) is 19.4 Å². The molecule has 0 aliphatic carbocycles. The minimum atomic E-state index is -0.336. The van der Waals surface area contributed by atoms with Gasteiger partial charge < -0.3 is 10.5 Å². The fourth-order valence-corrected chi connectivity index (χ4v) is 2.37. The highest BCUT2D eigenvalue weighted by atomic mass is 19.1. The number of halogens is 1. The molecule has 1 saturated heterocycles. The number of hydrogen-bond acceptors (Lipinski definition) is 3. The molecule has 1 aromatic rings. The molecule has 1 aliphatic rings. The highest BCUT2D eigenvalue weighted by Crippen LogP contribution is 2.20. The van der Waals surface area contributed by atoms with Gasteiger partial charge in [0.15, 0.2) is 0 Å². The van der Waals surface area contributed by atoms with Crippen molar-refractivity contribution in [2.45, 2.75) is 32.6 Å². The van der Waals surface area contributed by atoms with Crippen LogP contribution in [0.4, 0.5) is 10.1 Å². The van der Waals surface area contributed by atoms with Crippen molar-refractivity contribution in [3.05, 3.63) is 29.6 Å². The van der Waals surface area contributed by atoms with Crippen LogP contribution in [0.3, 0.4) is 0 Å². The van der Waals surface area contributed by atoms with Gasteiger partial charge in [-0.15, -0.1) is 0 Å². The Hall–Kier alpha value is -1.13. The number of ether oxygens (including phenoxy) is 1. The highest BCUT2D eigenvalue weighted by molar-refractivity contribution is 5.47. The molecule has 0 amide bonds. The molecule has 2 N–H and O–H groups in total. The van der Waals surface area contributed by atoms with E-state index in [9.17, 15) is 4.39 Å². The van der Waals surface area contributed by atoms with Gasteiger partial charge >= 0.3 is 0 Å². The first kappa shape index (κ1) is 12.3. The third kappa shape index (κ3) is 2.96. The number of para-hydroxylation sites is 1. The Morgan fingerprint density at radius 1 is 1.35 bits per heavy atom. The second kappa shape index (κ2) is 5.02. The zero-order chi connectivity index (χ0) is 12.4. The molecule has 0 saturated carbocycles. The average Bonchev–Trinajstić information content (AvgIpc) is 2.23. The molecule has 3 nitrogen and oxygen atoms in total. The summed E-state index contributed by atoms with van der Waals surface area (Å²) >= 11 is 0. The van der Waals surface area contributed by atoms with E-state index in [1.807, 2.05) is 6.07 Å². The number of benzene rings is 1. The fraction of sp³-hybridized carbons (Fsp3) is 0.538. The van der Waals surface area contributed by atoms with Crippen LogP contribution in [-0.2, 0) is 11.3 Å². The zero-order valence-corrected chi connectivity index (χ0v) is 10.3. The molecule has 1 aliphatic heterocycles. The second-order valence-electron chi connectivity index (χ2n) is 4.76. The van der Waals surface area contributed by atoms with Crippen molar-refractivity contribution in [1.29, 1.82) is 0 Å². The predicted octanol–water partition coefficient (Wildman–Crippen LogP) is 2.02. The Kier molecular flexibility index (Phi) is 3.64. The van der Waals surface area contributed by atoms with Gasteiger partial charge in [0.25, 0.3) is 0 Å². The Bertz CT molecular complexity index is 387. The van der Waals surface area contributed by atoms with Crippen LogP contribution in [0.15, 0.2) is 18.2 Å². The van der Waals surface area contributed by atoms with E-state index in [1.54, 1.807) is 6.07 Å². The SMILES string of the molecule is CC1CN(Cc2cccc(F)c2N)CC(C)O1.